The minimum atomic E-state index is -1.97. The number of amides is 1. The van der Waals surface area contributed by atoms with Crippen molar-refractivity contribution in [1.82, 2.24) is 19.9 Å². The monoisotopic (exact) mass is 436 g/mol. The predicted molar refractivity (Wildman–Crippen MR) is 105 cm³/mol. The van der Waals surface area contributed by atoms with Gasteiger partial charge in [0, 0.05) is 12.5 Å². The van der Waals surface area contributed by atoms with E-state index < -0.39 is 59.2 Å². The Bertz CT molecular complexity index is 1260. The Kier molecular flexibility index (Phi) is 5.87. The lowest BCUT2D eigenvalue weighted by molar-refractivity contribution is -0.125. The summed E-state index contributed by atoms with van der Waals surface area (Å²) in [4.78, 5) is 44.2. The van der Waals surface area contributed by atoms with Crippen LogP contribution in [0.3, 0.4) is 0 Å². The summed E-state index contributed by atoms with van der Waals surface area (Å²) >= 11 is 0. The van der Waals surface area contributed by atoms with Crippen LogP contribution in [0.1, 0.15) is 32.0 Å². The van der Waals surface area contributed by atoms with Gasteiger partial charge in [0.25, 0.3) is 5.56 Å². The van der Waals surface area contributed by atoms with Crippen molar-refractivity contribution in [3.05, 3.63) is 68.6 Å². The lowest BCUT2D eigenvalue weighted by Gasteiger charge is -2.24. The minimum absolute atomic E-state index is 0.0440. The number of phenols is 1. The molecule has 0 aliphatic carbocycles. The third kappa shape index (κ3) is 4.76. The van der Waals surface area contributed by atoms with Crippen LogP contribution < -0.4 is 16.6 Å². The average Bonchev–Trinajstić information content (AvgIpc) is 2.65. The number of hydrogen-bond donors (Lipinski definition) is 3. The van der Waals surface area contributed by atoms with Gasteiger partial charge in [0.05, 0.1) is 24.0 Å². The summed E-state index contributed by atoms with van der Waals surface area (Å²) in [6, 6.07) is 2.99. The number of halogens is 3. The van der Waals surface area contributed by atoms with Gasteiger partial charge in [-0.15, -0.1) is 0 Å². The fourth-order valence-corrected chi connectivity index (χ4v) is 3.16. The van der Waals surface area contributed by atoms with Gasteiger partial charge in [-0.2, -0.15) is 0 Å². The number of hydrogen-bond acceptors (Lipinski definition) is 5. The Balaban J connectivity index is 2.03. The number of aromatic nitrogens is 3. The number of carbonyl (C=O) groups excluding carboxylic acids is 1. The molecule has 1 unspecified atom stereocenters. The number of nitrogens with zero attached hydrogens (tertiary/aromatic N) is 2. The van der Waals surface area contributed by atoms with Crippen molar-refractivity contribution in [2.75, 3.05) is 0 Å². The van der Waals surface area contributed by atoms with Crippen molar-refractivity contribution in [3.8, 4) is 5.75 Å². The van der Waals surface area contributed by atoms with Crippen LogP contribution in [0.15, 0.2) is 40.1 Å². The number of aromatic amines is 1. The summed E-state index contributed by atoms with van der Waals surface area (Å²) < 4.78 is 41.7. The van der Waals surface area contributed by atoms with Crippen LogP contribution in [0.25, 0.3) is 10.9 Å². The number of carbonyl (C=O) groups is 1. The molecule has 0 bridgehead atoms. The number of aromatic hydroxyl groups is 1. The van der Waals surface area contributed by atoms with E-state index in [1.165, 1.54) is 18.2 Å². The maximum Gasteiger partial charge on any atom is 0.329 e. The maximum atomic E-state index is 14.4. The van der Waals surface area contributed by atoms with Crippen LogP contribution in [0, 0.1) is 11.6 Å². The predicted octanol–water partition coefficient (Wildman–Crippen LogP) is 2.06. The smallest absolute Gasteiger partial charge is 0.329 e. The van der Waals surface area contributed by atoms with E-state index in [-0.39, 0.29) is 16.6 Å². The maximum absolute atomic E-state index is 14.4. The van der Waals surface area contributed by atoms with Crippen molar-refractivity contribution >= 4 is 16.8 Å². The lowest BCUT2D eigenvalue weighted by atomic mass is 9.99. The van der Waals surface area contributed by atoms with Crippen molar-refractivity contribution < 1.29 is 23.1 Å². The first-order chi connectivity index (χ1) is 14.5. The highest BCUT2D eigenvalue weighted by molar-refractivity contribution is 5.85. The molecule has 3 rings (SSSR count). The molecular weight excluding hydrogens is 417 g/mol. The molecule has 3 aromatic rings. The van der Waals surface area contributed by atoms with Gasteiger partial charge in [-0.05, 0) is 26.0 Å². The van der Waals surface area contributed by atoms with Crippen LogP contribution in [0.4, 0.5) is 13.2 Å². The standard InChI is InChI=1S/C20H19F3N4O4/c1-20(2,23)7-14(17(29)25-9-13-11(22)6-10(21)8-24-13)27-18(30)16-12(26-19(27)31)4-3-5-15(16)28/h3-6,8,14,28H,7,9H2,1-2H3,(H,25,29)(H,26,31). The van der Waals surface area contributed by atoms with Gasteiger partial charge < -0.3 is 15.4 Å². The molecule has 2 heterocycles. The Morgan fingerprint density at radius 3 is 2.68 bits per heavy atom. The van der Waals surface area contributed by atoms with Crippen LogP contribution in [-0.4, -0.2) is 31.2 Å². The summed E-state index contributed by atoms with van der Waals surface area (Å²) in [5, 5.41) is 12.1. The average molecular weight is 436 g/mol. The molecular formula is C20H19F3N4O4. The molecule has 11 heteroatoms. The number of H-pyrrole nitrogens is 1. The number of pyridine rings is 1. The molecule has 0 spiro atoms. The number of rotatable bonds is 6. The molecule has 164 valence electrons. The summed E-state index contributed by atoms with van der Waals surface area (Å²) in [6.45, 7) is 1.83. The Morgan fingerprint density at radius 1 is 1.32 bits per heavy atom. The Hall–Kier alpha value is -3.63. The number of benzene rings is 1. The van der Waals surface area contributed by atoms with Crippen LogP contribution in [0.2, 0.25) is 0 Å². The quantitative estimate of drug-likeness (QED) is 0.547. The summed E-state index contributed by atoms with van der Waals surface area (Å²) in [6.07, 6.45) is 0.189. The summed E-state index contributed by atoms with van der Waals surface area (Å²) in [7, 11) is 0. The second kappa shape index (κ2) is 8.25. The lowest BCUT2D eigenvalue weighted by Crippen LogP contribution is -2.46. The molecule has 0 aliphatic rings. The summed E-state index contributed by atoms with van der Waals surface area (Å²) in [5.41, 5.74) is -4.19. The Labute approximate surface area is 173 Å². The molecule has 0 fully saturated rings. The molecule has 0 saturated heterocycles. The van der Waals surface area contributed by atoms with Gasteiger partial charge in [0.2, 0.25) is 5.91 Å². The molecule has 2 aromatic heterocycles. The van der Waals surface area contributed by atoms with Crippen molar-refractivity contribution in [2.24, 2.45) is 0 Å². The van der Waals surface area contributed by atoms with E-state index in [0.717, 1.165) is 20.0 Å². The van der Waals surface area contributed by atoms with Crippen molar-refractivity contribution in [1.29, 1.82) is 0 Å². The number of alkyl halides is 1. The van der Waals surface area contributed by atoms with E-state index in [9.17, 15) is 32.7 Å². The normalized spacial score (nSPS) is 12.7. The van der Waals surface area contributed by atoms with E-state index in [4.69, 9.17) is 0 Å². The second-order valence-electron chi connectivity index (χ2n) is 7.54. The highest BCUT2D eigenvalue weighted by Gasteiger charge is 2.32. The van der Waals surface area contributed by atoms with E-state index >= 15 is 0 Å². The third-order valence-electron chi connectivity index (χ3n) is 4.54. The number of phenolic OH excluding ortho intramolecular Hbond substituents is 1. The fraction of sp³-hybridized carbons (Fsp3) is 0.300. The first-order valence-corrected chi connectivity index (χ1v) is 9.21. The number of fused-ring (bicyclic) bond motifs is 1. The largest absolute Gasteiger partial charge is 0.507 e. The van der Waals surface area contributed by atoms with Crippen LogP contribution >= 0.6 is 0 Å². The topological polar surface area (TPSA) is 117 Å². The Morgan fingerprint density at radius 2 is 2.03 bits per heavy atom. The molecule has 0 aliphatic heterocycles. The first kappa shape index (κ1) is 22.1. The highest BCUT2D eigenvalue weighted by Crippen LogP contribution is 2.24. The van der Waals surface area contributed by atoms with E-state index in [1.807, 2.05) is 0 Å². The van der Waals surface area contributed by atoms with Gasteiger partial charge in [0.15, 0.2) is 0 Å². The fourth-order valence-electron chi connectivity index (χ4n) is 3.16. The molecule has 3 N–H and O–H groups in total. The van der Waals surface area contributed by atoms with Gasteiger partial charge in [0.1, 0.15) is 34.5 Å². The van der Waals surface area contributed by atoms with Gasteiger partial charge in [-0.3, -0.25) is 14.6 Å². The van der Waals surface area contributed by atoms with Gasteiger partial charge in [-0.1, -0.05) is 6.07 Å². The van der Waals surface area contributed by atoms with Crippen molar-refractivity contribution in [3.63, 3.8) is 0 Å². The second-order valence-corrected chi connectivity index (χ2v) is 7.54. The van der Waals surface area contributed by atoms with E-state index in [1.54, 1.807) is 0 Å². The third-order valence-corrected chi connectivity index (χ3v) is 4.54. The molecule has 1 aromatic carbocycles. The molecule has 0 radical (unpaired) electrons. The molecule has 0 saturated carbocycles. The SMILES string of the molecule is CC(C)(F)CC(C(=O)NCc1ncc(F)cc1F)n1c(=O)[nH]c2cccc(O)c2c1=O. The van der Waals surface area contributed by atoms with Crippen LogP contribution in [-0.2, 0) is 11.3 Å². The van der Waals surface area contributed by atoms with E-state index in [0.29, 0.717) is 10.6 Å². The molecule has 8 nitrogen and oxygen atoms in total. The highest BCUT2D eigenvalue weighted by atomic mass is 19.1. The van der Waals surface area contributed by atoms with E-state index in [2.05, 4.69) is 15.3 Å². The van der Waals surface area contributed by atoms with Gasteiger partial charge >= 0.3 is 5.69 Å². The zero-order valence-corrected chi connectivity index (χ0v) is 16.6. The molecule has 31 heavy (non-hydrogen) atoms. The zero-order chi connectivity index (χ0) is 22.9. The molecule has 1 atom stereocenters. The van der Waals surface area contributed by atoms with Crippen LogP contribution in [0.5, 0.6) is 5.75 Å². The zero-order valence-electron chi connectivity index (χ0n) is 16.6. The molecule has 1 amide bonds. The number of nitrogens with one attached hydrogen (secondary N) is 2. The van der Waals surface area contributed by atoms with Crippen molar-refractivity contribution in [2.45, 2.75) is 38.5 Å². The van der Waals surface area contributed by atoms with Gasteiger partial charge in [-0.25, -0.2) is 22.5 Å². The first-order valence-electron chi connectivity index (χ1n) is 9.21. The minimum Gasteiger partial charge on any atom is -0.507 e. The summed E-state index contributed by atoms with van der Waals surface area (Å²) in [5.74, 6) is -3.30.